The molecule has 7 rings (SSSR count). The van der Waals surface area contributed by atoms with Crippen LogP contribution in [0.2, 0.25) is 0 Å². The van der Waals surface area contributed by atoms with E-state index >= 15 is 0 Å². The zero-order valence-corrected chi connectivity index (χ0v) is 29.9. The third-order valence-corrected chi connectivity index (χ3v) is 9.65. The Hall–Kier alpha value is -5.00. The summed E-state index contributed by atoms with van der Waals surface area (Å²) in [6.07, 6.45) is 3.18. The molecule has 0 heterocycles. The maximum absolute atomic E-state index is 11.8. The number of hydrogen-bond acceptors (Lipinski definition) is 4. The zero-order chi connectivity index (χ0) is 34.3. The average Bonchev–Trinajstić information content (AvgIpc) is 3.13. The Balaban J connectivity index is 1.40. The molecule has 5 heteroatoms. The second-order valence-electron chi connectivity index (χ2n) is 12.9. The molecule has 6 aromatic carbocycles. The minimum absolute atomic E-state index is 0.299. The standard InChI is InChI=1S/C45H41BrO4/c1-2-22-48-43-33-16-9-20-37(43)25-39-27-41(46)28-40(42(39)47)26-38-21-11-19-36(45(38)50-30-32-14-7-4-8-15-32)24-35-18-10-17-34(23-33)44(35)49-29-31-12-5-3-6-13-31/h3-21,27-28,47H,2,22-26,29-30H2,1H3. The molecule has 0 unspecified atom stereocenters. The van der Waals surface area contributed by atoms with E-state index < -0.39 is 0 Å². The molecule has 1 aliphatic carbocycles. The Morgan fingerprint density at radius 1 is 0.480 bits per heavy atom. The summed E-state index contributed by atoms with van der Waals surface area (Å²) >= 11 is 3.75. The van der Waals surface area contributed by atoms with E-state index in [9.17, 15) is 5.11 Å². The summed E-state index contributed by atoms with van der Waals surface area (Å²) in [7, 11) is 0. The van der Waals surface area contributed by atoms with E-state index in [1.54, 1.807) is 0 Å². The maximum atomic E-state index is 11.8. The van der Waals surface area contributed by atoms with Crippen LogP contribution in [0.5, 0.6) is 23.0 Å². The molecular weight excluding hydrogens is 684 g/mol. The predicted octanol–water partition coefficient (Wildman–Crippen LogP) is 10.8. The molecular formula is C45H41BrO4. The minimum atomic E-state index is 0.299. The lowest BCUT2D eigenvalue weighted by atomic mass is 9.91. The Kier molecular flexibility index (Phi) is 10.5. The van der Waals surface area contributed by atoms with Gasteiger partial charge in [0, 0.05) is 30.2 Å². The van der Waals surface area contributed by atoms with E-state index in [-0.39, 0.29) is 0 Å². The van der Waals surface area contributed by atoms with Crippen LogP contribution in [0.25, 0.3) is 0 Å². The van der Waals surface area contributed by atoms with Gasteiger partial charge in [0.15, 0.2) is 0 Å². The van der Waals surface area contributed by atoms with E-state index in [0.29, 0.717) is 51.3 Å². The summed E-state index contributed by atoms with van der Waals surface area (Å²) in [6, 6.07) is 43.8. The third kappa shape index (κ3) is 7.74. The second-order valence-corrected chi connectivity index (χ2v) is 13.8. The molecule has 0 spiro atoms. The van der Waals surface area contributed by atoms with Gasteiger partial charge in [-0.1, -0.05) is 138 Å². The highest BCUT2D eigenvalue weighted by molar-refractivity contribution is 9.10. The molecule has 252 valence electrons. The SMILES string of the molecule is CCCOc1c2cccc1Cc1cccc(c1OCc1ccccc1)Cc1cccc(c1OCc1ccccc1)Cc1cc(Br)cc(c1O)C2. The van der Waals surface area contributed by atoms with E-state index in [1.807, 2.05) is 48.5 Å². The molecule has 1 aliphatic rings. The summed E-state index contributed by atoms with van der Waals surface area (Å²) in [4.78, 5) is 0. The fraction of sp³-hybridized carbons (Fsp3) is 0.200. The van der Waals surface area contributed by atoms with Gasteiger partial charge in [0.25, 0.3) is 0 Å². The molecule has 6 aromatic rings. The van der Waals surface area contributed by atoms with Gasteiger partial charge >= 0.3 is 0 Å². The Bertz CT molecular complexity index is 2070. The van der Waals surface area contributed by atoms with Gasteiger partial charge < -0.3 is 19.3 Å². The van der Waals surface area contributed by atoms with Crippen LogP contribution in [0.3, 0.4) is 0 Å². The van der Waals surface area contributed by atoms with Crippen molar-refractivity contribution in [3.8, 4) is 23.0 Å². The number of phenols is 1. The van der Waals surface area contributed by atoms with Crippen molar-refractivity contribution in [3.05, 3.63) is 188 Å². The summed E-state index contributed by atoms with van der Waals surface area (Å²) in [5, 5.41) is 11.8. The van der Waals surface area contributed by atoms with Gasteiger partial charge in [-0.3, -0.25) is 0 Å². The Morgan fingerprint density at radius 2 is 0.840 bits per heavy atom. The first-order valence-electron chi connectivity index (χ1n) is 17.3. The molecule has 0 amide bonds. The molecule has 0 aliphatic heterocycles. The van der Waals surface area contributed by atoms with E-state index in [2.05, 4.69) is 102 Å². The van der Waals surface area contributed by atoms with Crippen molar-refractivity contribution in [2.45, 2.75) is 52.2 Å². The number of phenolic OH excluding ortho intramolecular Hbond substituents is 1. The number of ether oxygens (including phenoxy) is 3. The fourth-order valence-corrected chi connectivity index (χ4v) is 7.33. The fourth-order valence-electron chi connectivity index (χ4n) is 6.78. The smallest absolute Gasteiger partial charge is 0.126 e. The van der Waals surface area contributed by atoms with Crippen molar-refractivity contribution in [2.75, 3.05) is 6.61 Å². The lowest BCUT2D eigenvalue weighted by Gasteiger charge is -2.22. The van der Waals surface area contributed by atoms with Crippen LogP contribution in [0.4, 0.5) is 0 Å². The molecule has 1 N–H and O–H groups in total. The van der Waals surface area contributed by atoms with Crippen LogP contribution in [0.15, 0.2) is 132 Å². The van der Waals surface area contributed by atoms with Crippen LogP contribution >= 0.6 is 15.9 Å². The topological polar surface area (TPSA) is 47.9 Å². The summed E-state index contributed by atoms with van der Waals surface area (Å²) in [6.45, 7) is 3.63. The van der Waals surface area contributed by atoms with Crippen molar-refractivity contribution in [1.82, 2.24) is 0 Å². The highest BCUT2D eigenvalue weighted by Crippen LogP contribution is 2.39. The molecule has 4 nitrogen and oxygen atoms in total. The van der Waals surface area contributed by atoms with E-state index in [1.165, 1.54) is 0 Å². The van der Waals surface area contributed by atoms with Crippen LogP contribution in [0.1, 0.15) is 69.0 Å². The largest absolute Gasteiger partial charge is 0.507 e. The molecule has 0 aromatic heterocycles. The van der Waals surface area contributed by atoms with Crippen LogP contribution in [-0.4, -0.2) is 11.7 Å². The lowest BCUT2D eigenvalue weighted by Crippen LogP contribution is -2.08. The molecule has 0 radical (unpaired) electrons. The van der Waals surface area contributed by atoms with Gasteiger partial charge in [-0.25, -0.2) is 0 Å². The Morgan fingerprint density at radius 3 is 1.22 bits per heavy atom. The number of aromatic hydroxyl groups is 1. The van der Waals surface area contributed by atoms with Crippen molar-refractivity contribution in [3.63, 3.8) is 0 Å². The van der Waals surface area contributed by atoms with Gasteiger partial charge in [0.1, 0.15) is 36.2 Å². The molecule has 50 heavy (non-hydrogen) atoms. The van der Waals surface area contributed by atoms with Gasteiger partial charge in [0.05, 0.1) is 6.61 Å². The normalized spacial score (nSPS) is 12.3. The first-order valence-corrected chi connectivity index (χ1v) is 18.1. The Labute approximate surface area is 303 Å². The van der Waals surface area contributed by atoms with Gasteiger partial charge in [-0.2, -0.15) is 0 Å². The number of hydrogen-bond donors (Lipinski definition) is 1. The molecule has 0 fully saturated rings. The number of fused-ring (bicyclic) bond motifs is 8. The summed E-state index contributed by atoms with van der Waals surface area (Å²) < 4.78 is 20.9. The van der Waals surface area contributed by atoms with Crippen molar-refractivity contribution >= 4 is 15.9 Å². The summed E-state index contributed by atoms with van der Waals surface area (Å²) in [5.74, 6) is 2.91. The van der Waals surface area contributed by atoms with E-state index in [4.69, 9.17) is 14.2 Å². The van der Waals surface area contributed by atoms with Gasteiger partial charge in [-0.05, 0) is 74.2 Å². The third-order valence-electron chi connectivity index (χ3n) is 9.19. The quantitative estimate of drug-likeness (QED) is 0.161. The summed E-state index contributed by atoms with van der Waals surface area (Å²) in [5.41, 5.74) is 10.3. The minimum Gasteiger partial charge on any atom is -0.507 e. The number of rotatable bonds is 9. The molecule has 0 saturated carbocycles. The maximum Gasteiger partial charge on any atom is 0.126 e. The number of benzene rings is 6. The molecule has 0 atom stereocenters. The second kappa shape index (κ2) is 15.7. The van der Waals surface area contributed by atoms with Gasteiger partial charge in [0.2, 0.25) is 0 Å². The highest BCUT2D eigenvalue weighted by atomic mass is 79.9. The first-order chi connectivity index (χ1) is 24.6. The zero-order valence-electron chi connectivity index (χ0n) is 28.3. The van der Waals surface area contributed by atoms with Crippen LogP contribution in [0, 0.1) is 0 Å². The average molecular weight is 726 g/mol. The first kappa shape index (κ1) is 33.5. The number of halogens is 1. The van der Waals surface area contributed by atoms with Crippen molar-refractivity contribution in [1.29, 1.82) is 0 Å². The van der Waals surface area contributed by atoms with Crippen molar-refractivity contribution < 1.29 is 19.3 Å². The highest BCUT2D eigenvalue weighted by Gasteiger charge is 2.21. The van der Waals surface area contributed by atoms with Gasteiger partial charge in [-0.15, -0.1) is 0 Å². The van der Waals surface area contributed by atoms with Crippen LogP contribution < -0.4 is 14.2 Å². The molecule has 8 bridgehead atoms. The van der Waals surface area contributed by atoms with E-state index in [0.717, 1.165) is 83.8 Å². The van der Waals surface area contributed by atoms with Crippen molar-refractivity contribution in [2.24, 2.45) is 0 Å². The molecule has 0 saturated heterocycles. The lowest BCUT2D eigenvalue weighted by molar-refractivity contribution is 0.296. The monoisotopic (exact) mass is 724 g/mol. The predicted molar refractivity (Wildman–Crippen MR) is 204 cm³/mol. The number of para-hydroxylation sites is 3. The van der Waals surface area contributed by atoms with Crippen LogP contribution in [-0.2, 0) is 38.9 Å².